The fourth-order valence-electron chi connectivity index (χ4n) is 1.88. The first-order valence-corrected chi connectivity index (χ1v) is 7.70. The average Bonchev–Trinajstić information content (AvgIpc) is 2.95. The third kappa shape index (κ3) is 3.92. The fourth-order valence-corrected chi connectivity index (χ4v) is 2.28. The van der Waals surface area contributed by atoms with Crippen LogP contribution < -0.4 is 5.32 Å². The molecule has 1 heterocycles. The van der Waals surface area contributed by atoms with Gasteiger partial charge in [-0.05, 0) is 44.0 Å². The number of halogens is 1. The third-order valence-electron chi connectivity index (χ3n) is 3.19. The summed E-state index contributed by atoms with van der Waals surface area (Å²) >= 11 is 3.36. The maximum atomic E-state index is 12.1. The zero-order valence-corrected chi connectivity index (χ0v) is 14.4. The summed E-state index contributed by atoms with van der Waals surface area (Å²) in [5, 5.41) is 20.0. The first-order valence-electron chi connectivity index (χ1n) is 6.90. The lowest BCUT2D eigenvalue weighted by atomic mass is 10.1. The van der Waals surface area contributed by atoms with Gasteiger partial charge in [-0.2, -0.15) is 0 Å². The zero-order valence-electron chi connectivity index (χ0n) is 12.8. The molecule has 0 radical (unpaired) electrons. The number of hydrogen-bond acceptors (Lipinski definition) is 4. The second-order valence-electron chi connectivity index (χ2n) is 5.97. The van der Waals surface area contributed by atoms with Crippen molar-refractivity contribution in [3.63, 3.8) is 0 Å². The van der Waals surface area contributed by atoms with E-state index in [1.54, 1.807) is 10.9 Å². The molecule has 0 aliphatic carbocycles. The van der Waals surface area contributed by atoms with Crippen molar-refractivity contribution in [1.82, 2.24) is 20.3 Å². The van der Waals surface area contributed by atoms with Crippen molar-refractivity contribution in [2.75, 3.05) is 0 Å². The molecule has 2 aromatic rings. The van der Waals surface area contributed by atoms with E-state index in [-0.39, 0.29) is 23.7 Å². The van der Waals surface area contributed by atoms with E-state index < -0.39 is 0 Å². The van der Waals surface area contributed by atoms with E-state index in [1.165, 1.54) is 0 Å². The Morgan fingerprint density at radius 1 is 1.36 bits per heavy atom. The van der Waals surface area contributed by atoms with E-state index in [0.717, 1.165) is 15.6 Å². The van der Waals surface area contributed by atoms with Crippen molar-refractivity contribution in [2.24, 2.45) is 0 Å². The number of amides is 1. The van der Waals surface area contributed by atoms with Gasteiger partial charge in [-0.15, -0.1) is 5.10 Å². The Hall–Kier alpha value is -1.73. The van der Waals surface area contributed by atoms with Crippen molar-refractivity contribution in [3.05, 3.63) is 45.7 Å². The molecule has 0 aliphatic rings. The van der Waals surface area contributed by atoms with E-state index in [2.05, 4.69) is 31.6 Å². The maximum Gasteiger partial charge on any atom is 0.273 e. The molecule has 0 atom stereocenters. The predicted molar refractivity (Wildman–Crippen MR) is 86.3 cm³/mol. The average molecular weight is 367 g/mol. The van der Waals surface area contributed by atoms with Crippen LogP contribution in [-0.4, -0.2) is 26.0 Å². The van der Waals surface area contributed by atoms with E-state index in [9.17, 15) is 9.90 Å². The van der Waals surface area contributed by atoms with Crippen LogP contribution in [0.3, 0.4) is 0 Å². The molecular weight excluding hydrogens is 348 g/mol. The van der Waals surface area contributed by atoms with Crippen molar-refractivity contribution in [1.29, 1.82) is 0 Å². The van der Waals surface area contributed by atoms with Gasteiger partial charge >= 0.3 is 0 Å². The third-order valence-corrected chi connectivity index (χ3v) is 3.68. The summed E-state index contributed by atoms with van der Waals surface area (Å²) in [5.41, 5.74) is 1.69. The molecule has 22 heavy (non-hydrogen) atoms. The molecule has 0 saturated heterocycles. The number of benzene rings is 1. The highest BCUT2D eigenvalue weighted by atomic mass is 79.9. The number of aromatic nitrogens is 3. The van der Waals surface area contributed by atoms with E-state index in [1.807, 2.05) is 39.0 Å². The molecule has 2 N–H and O–H groups in total. The van der Waals surface area contributed by atoms with Crippen molar-refractivity contribution < 1.29 is 9.90 Å². The molecule has 1 amide bonds. The van der Waals surface area contributed by atoms with Crippen molar-refractivity contribution >= 4 is 21.8 Å². The first kappa shape index (κ1) is 16.6. The van der Waals surface area contributed by atoms with Gasteiger partial charge in [0.15, 0.2) is 5.69 Å². The summed E-state index contributed by atoms with van der Waals surface area (Å²) in [5.74, 6) is -0.290. The standard InChI is InChI=1S/C15H19BrN4O2/c1-15(2,3)20-8-13(18-19-20)14(22)17-7-10-4-5-12(16)6-11(10)9-21/h4-6,8,21H,7,9H2,1-3H3,(H,17,22). The highest BCUT2D eigenvalue weighted by Gasteiger charge is 2.18. The SMILES string of the molecule is CC(C)(C)n1cc(C(=O)NCc2ccc(Br)cc2CO)nn1. The molecule has 0 fully saturated rings. The zero-order chi connectivity index (χ0) is 16.3. The summed E-state index contributed by atoms with van der Waals surface area (Å²) in [7, 11) is 0. The Bertz CT molecular complexity index is 676. The number of aliphatic hydroxyl groups excluding tert-OH is 1. The van der Waals surface area contributed by atoms with Crippen LogP contribution in [-0.2, 0) is 18.7 Å². The molecule has 1 aromatic heterocycles. The molecule has 0 saturated carbocycles. The molecule has 2 rings (SSSR count). The van der Waals surface area contributed by atoms with Gasteiger partial charge in [-0.1, -0.05) is 27.2 Å². The highest BCUT2D eigenvalue weighted by Crippen LogP contribution is 2.17. The van der Waals surface area contributed by atoms with Gasteiger partial charge in [0.25, 0.3) is 5.91 Å². The first-order chi connectivity index (χ1) is 10.3. The van der Waals surface area contributed by atoms with Crippen molar-refractivity contribution in [2.45, 2.75) is 39.5 Å². The largest absolute Gasteiger partial charge is 0.392 e. The number of nitrogens with zero attached hydrogens (tertiary/aromatic N) is 3. The van der Waals surface area contributed by atoms with E-state index in [4.69, 9.17) is 0 Å². The fraction of sp³-hybridized carbons (Fsp3) is 0.400. The van der Waals surface area contributed by atoms with Gasteiger partial charge in [-0.3, -0.25) is 4.79 Å². The summed E-state index contributed by atoms with van der Waals surface area (Å²) in [6.45, 7) is 6.20. The molecule has 0 aliphatic heterocycles. The summed E-state index contributed by atoms with van der Waals surface area (Å²) in [4.78, 5) is 12.1. The quantitative estimate of drug-likeness (QED) is 0.869. The molecular formula is C15H19BrN4O2. The van der Waals surface area contributed by atoms with Crippen LogP contribution in [0.15, 0.2) is 28.9 Å². The Kier molecular flexibility index (Phi) is 4.97. The Morgan fingerprint density at radius 3 is 2.68 bits per heavy atom. The van der Waals surface area contributed by atoms with Gasteiger partial charge in [0.05, 0.1) is 18.3 Å². The smallest absolute Gasteiger partial charge is 0.273 e. The number of aliphatic hydroxyl groups is 1. The van der Waals surface area contributed by atoms with Crippen LogP contribution in [0.2, 0.25) is 0 Å². The minimum Gasteiger partial charge on any atom is -0.392 e. The van der Waals surface area contributed by atoms with Gasteiger partial charge < -0.3 is 10.4 Å². The summed E-state index contributed by atoms with van der Waals surface area (Å²) in [6.07, 6.45) is 1.63. The number of carbonyl (C=O) groups excluding carboxylic acids is 1. The molecule has 0 spiro atoms. The van der Waals surface area contributed by atoms with Crippen LogP contribution in [0.5, 0.6) is 0 Å². The van der Waals surface area contributed by atoms with Crippen LogP contribution in [0.25, 0.3) is 0 Å². The van der Waals surface area contributed by atoms with Crippen LogP contribution in [0, 0.1) is 0 Å². The lowest BCUT2D eigenvalue weighted by Gasteiger charge is -2.17. The lowest BCUT2D eigenvalue weighted by molar-refractivity contribution is 0.0945. The minimum absolute atomic E-state index is 0.0785. The Labute approximate surface area is 137 Å². The monoisotopic (exact) mass is 366 g/mol. The van der Waals surface area contributed by atoms with E-state index in [0.29, 0.717) is 6.54 Å². The molecule has 0 unspecified atom stereocenters. The number of carbonyl (C=O) groups is 1. The molecule has 1 aromatic carbocycles. The van der Waals surface area contributed by atoms with Crippen LogP contribution in [0.4, 0.5) is 0 Å². The van der Waals surface area contributed by atoms with Gasteiger partial charge in [0.1, 0.15) is 0 Å². The molecule has 118 valence electrons. The lowest BCUT2D eigenvalue weighted by Crippen LogP contribution is -2.24. The summed E-state index contributed by atoms with van der Waals surface area (Å²) < 4.78 is 2.54. The van der Waals surface area contributed by atoms with Gasteiger partial charge in [0.2, 0.25) is 0 Å². The van der Waals surface area contributed by atoms with Gasteiger partial charge in [-0.25, -0.2) is 4.68 Å². The number of hydrogen-bond donors (Lipinski definition) is 2. The second-order valence-corrected chi connectivity index (χ2v) is 6.89. The molecule has 0 bridgehead atoms. The highest BCUT2D eigenvalue weighted by molar-refractivity contribution is 9.10. The van der Waals surface area contributed by atoms with Crippen molar-refractivity contribution in [3.8, 4) is 0 Å². The Balaban J connectivity index is 2.06. The maximum absolute atomic E-state index is 12.1. The van der Waals surface area contributed by atoms with Gasteiger partial charge in [0, 0.05) is 11.0 Å². The van der Waals surface area contributed by atoms with Crippen LogP contribution in [0.1, 0.15) is 42.4 Å². The Morgan fingerprint density at radius 2 is 2.09 bits per heavy atom. The second kappa shape index (κ2) is 6.58. The molecule has 7 heteroatoms. The minimum atomic E-state index is -0.290. The topological polar surface area (TPSA) is 80.0 Å². The van der Waals surface area contributed by atoms with E-state index >= 15 is 0 Å². The number of rotatable bonds is 4. The molecule has 6 nitrogen and oxygen atoms in total. The normalized spacial score (nSPS) is 11.5. The summed E-state index contributed by atoms with van der Waals surface area (Å²) in [6, 6.07) is 5.57. The predicted octanol–water partition coefficient (Wildman–Crippen LogP) is 2.22. The number of nitrogens with one attached hydrogen (secondary N) is 1. The van der Waals surface area contributed by atoms with Crippen LogP contribution >= 0.6 is 15.9 Å².